The molecule has 15 heavy (non-hydrogen) atoms. The Hall–Kier alpha value is 0.230. The maximum absolute atomic E-state index is 12.2. The lowest BCUT2D eigenvalue weighted by atomic mass is 10.2. The number of nitrogens with zero attached hydrogens (tertiary/aromatic N) is 1. The first-order valence-electron chi connectivity index (χ1n) is 5.39. The first kappa shape index (κ1) is 13.3. The van der Waals surface area contributed by atoms with Crippen LogP contribution in [-0.4, -0.2) is 35.5 Å². The van der Waals surface area contributed by atoms with Crippen molar-refractivity contribution in [2.75, 3.05) is 18.4 Å². The molecule has 1 aliphatic carbocycles. The van der Waals surface area contributed by atoms with E-state index >= 15 is 0 Å². The molecule has 1 aliphatic rings. The zero-order valence-electron chi connectivity index (χ0n) is 8.69. The molecule has 1 saturated carbocycles. The van der Waals surface area contributed by atoms with Gasteiger partial charge in [-0.15, -0.1) is 0 Å². The van der Waals surface area contributed by atoms with E-state index in [1.165, 1.54) is 0 Å². The van der Waals surface area contributed by atoms with Crippen LogP contribution in [-0.2, 0) is 0 Å². The lowest BCUT2D eigenvalue weighted by Crippen LogP contribution is -2.36. The standard InChI is InChI=1S/C10H17BrF3N/c11-6-2-1-3-7-15(9-4-5-9)8-10(12,13)14/h9H,1-8H2. The van der Waals surface area contributed by atoms with Gasteiger partial charge in [-0.1, -0.05) is 22.4 Å². The quantitative estimate of drug-likeness (QED) is 0.511. The average Bonchev–Trinajstić information content (AvgIpc) is 2.91. The van der Waals surface area contributed by atoms with Crippen LogP contribution in [0.1, 0.15) is 32.1 Å². The van der Waals surface area contributed by atoms with Crippen LogP contribution in [0.5, 0.6) is 0 Å². The Balaban J connectivity index is 2.19. The highest BCUT2D eigenvalue weighted by molar-refractivity contribution is 9.09. The summed E-state index contributed by atoms with van der Waals surface area (Å²) in [6.45, 7) is -0.136. The zero-order chi connectivity index (χ0) is 11.3. The van der Waals surface area contributed by atoms with E-state index in [2.05, 4.69) is 15.9 Å². The molecule has 0 saturated heterocycles. The predicted octanol–water partition coefficient (Wildman–Crippen LogP) is 3.58. The van der Waals surface area contributed by atoms with Crippen molar-refractivity contribution >= 4 is 15.9 Å². The van der Waals surface area contributed by atoms with Crippen molar-refractivity contribution in [3.05, 3.63) is 0 Å². The third-order valence-corrected chi connectivity index (χ3v) is 3.09. The minimum absolute atomic E-state index is 0.204. The minimum atomic E-state index is -4.04. The first-order valence-corrected chi connectivity index (χ1v) is 6.52. The second-order valence-electron chi connectivity index (χ2n) is 4.07. The van der Waals surface area contributed by atoms with Crippen LogP contribution in [0.15, 0.2) is 0 Å². The van der Waals surface area contributed by atoms with Crippen LogP contribution >= 0.6 is 15.9 Å². The minimum Gasteiger partial charge on any atom is -0.292 e. The second kappa shape index (κ2) is 6.09. The number of halogens is 4. The number of hydrogen-bond acceptors (Lipinski definition) is 1. The van der Waals surface area contributed by atoms with Gasteiger partial charge < -0.3 is 0 Å². The lowest BCUT2D eigenvalue weighted by Gasteiger charge is -2.23. The molecule has 0 aromatic heterocycles. The van der Waals surface area contributed by atoms with Gasteiger partial charge in [0.1, 0.15) is 0 Å². The van der Waals surface area contributed by atoms with Crippen molar-refractivity contribution in [3.8, 4) is 0 Å². The number of rotatable bonds is 7. The fraction of sp³-hybridized carbons (Fsp3) is 1.00. The third kappa shape index (κ3) is 6.40. The fourth-order valence-electron chi connectivity index (χ4n) is 1.65. The topological polar surface area (TPSA) is 3.24 Å². The van der Waals surface area contributed by atoms with E-state index in [1.807, 2.05) is 0 Å². The molecule has 0 N–H and O–H groups in total. The Kier molecular flexibility index (Phi) is 5.39. The van der Waals surface area contributed by atoms with Gasteiger partial charge in [0.25, 0.3) is 0 Å². The molecule has 0 spiro atoms. The molecular formula is C10H17BrF3N. The summed E-state index contributed by atoms with van der Waals surface area (Å²) in [5.41, 5.74) is 0. The SMILES string of the molecule is FC(F)(F)CN(CCCCCBr)C1CC1. The van der Waals surface area contributed by atoms with Gasteiger partial charge in [0.15, 0.2) is 0 Å². The molecular weight excluding hydrogens is 271 g/mol. The molecule has 0 aliphatic heterocycles. The van der Waals surface area contributed by atoms with Crippen LogP contribution in [0.3, 0.4) is 0 Å². The zero-order valence-corrected chi connectivity index (χ0v) is 10.3. The van der Waals surface area contributed by atoms with Crippen molar-refractivity contribution in [1.29, 1.82) is 0 Å². The van der Waals surface area contributed by atoms with Crippen LogP contribution in [0, 0.1) is 0 Å². The Morgan fingerprint density at radius 2 is 1.80 bits per heavy atom. The Morgan fingerprint density at radius 1 is 1.13 bits per heavy atom. The summed E-state index contributed by atoms with van der Waals surface area (Å²) < 4.78 is 36.7. The van der Waals surface area contributed by atoms with Crippen LogP contribution in [0.4, 0.5) is 13.2 Å². The van der Waals surface area contributed by atoms with Gasteiger partial charge in [-0.3, -0.25) is 4.90 Å². The van der Waals surface area contributed by atoms with Gasteiger partial charge in [-0.25, -0.2) is 0 Å². The summed E-state index contributed by atoms with van der Waals surface area (Å²) in [7, 11) is 0. The lowest BCUT2D eigenvalue weighted by molar-refractivity contribution is -0.147. The third-order valence-electron chi connectivity index (χ3n) is 2.52. The molecule has 1 fully saturated rings. The molecule has 0 bridgehead atoms. The van der Waals surface area contributed by atoms with Crippen LogP contribution in [0.2, 0.25) is 0 Å². The molecule has 0 aromatic rings. The van der Waals surface area contributed by atoms with Gasteiger partial charge in [0, 0.05) is 11.4 Å². The van der Waals surface area contributed by atoms with E-state index < -0.39 is 12.7 Å². The van der Waals surface area contributed by atoms with Crippen LogP contribution in [0.25, 0.3) is 0 Å². The normalized spacial score (nSPS) is 17.4. The van der Waals surface area contributed by atoms with Crippen molar-refractivity contribution in [1.82, 2.24) is 4.90 Å². The Labute approximate surface area is 97.1 Å². The monoisotopic (exact) mass is 287 g/mol. The largest absolute Gasteiger partial charge is 0.401 e. The van der Waals surface area contributed by atoms with E-state index in [0.717, 1.165) is 37.4 Å². The summed E-state index contributed by atoms with van der Waals surface area (Å²) >= 11 is 3.31. The van der Waals surface area contributed by atoms with Crippen molar-refractivity contribution < 1.29 is 13.2 Å². The highest BCUT2D eigenvalue weighted by Gasteiger charge is 2.37. The predicted molar refractivity (Wildman–Crippen MR) is 58.3 cm³/mol. The second-order valence-corrected chi connectivity index (χ2v) is 4.86. The molecule has 0 atom stereocenters. The summed E-state index contributed by atoms with van der Waals surface area (Å²) in [5.74, 6) is 0. The molecule has 90 valence electrons. The highest BCUT2D eigenvalue weighted by atomic mass is 79.9. The number of alkyl halides is 4. The maximum atomic E-state index is 12.2. The summed E-state index contributed by atoms with van der Waals surface area (Å²) in [6.07, 6.45) is 0.760. The summed E-state index contributed by atoms with van der Waals surface area (Å²) in [5, 5.41) is 0.940. The van der Waals surface area contributed by atoms with Crippen LogP contribution < -0.4 is 0 Å². The van der Waals surface area contributed by atoms with E-state index in [0.29, 0.717) is 6.54 Å². The van der Waals surface area contributed by atoms with E-state index in [9.17, 15) is 13.2 Å². The molecule has 0 heterocycles. The molecule has 0 amide bonds. The molecule has 0 unspecified atom stereocenters. The van der Waals surface area contributed by atoms with Crippen molar-refractivity contribution in [2.45, 2.75) is 44.3 Å². The van der Waals surface area contributed by atoms with E-state index in [4.69, 9.17) is 0 Å². The van der Waals surface area contributed by atoms with Gasteiger partial charge in [0.05, 0.1) is 6.54 Å². The van der Waals surface area contributed by atoms with E-state index in [1.54, 1.807) is 4.90 Å². The molecule has 0 aromatic carbocycles. The highest BCUT2D eigenvalue weighted by Crippen LogP contribution is 2.30. The Morgan fingerprint density at radius 3 is 2.27 bits per heavy atom. The van der Waals surface area contributed by atoms with Gasteiger partial charge in [-0.2, -0.15) is 13.2 Å². The maximum Gasteiger partial charge on any atom is 0.401 e. The van der Waals surface area contributed by atoms with Gasteiger partial charge in [0.2, 0.25) is 0 Å². The van der Waals surface area contributed by atoms with Crippen molar-refractivity contribution in [3.63, 3.8) is 0 Å². The summed E-state index contributed by atoms with van der Waals surface area (Å²) in [4.78, 5) is 1.59. The smallest absolute Gasteiger partial charge is 0.292 e. The number of hydrogen-bond donors (Lipinski definition) is 0. The van der Waals surface area contributed by atoms with Gasteiger partial charge >= 0.3 is 6.18 Å². The first-order chi connectivity index (χ1) is 7.03. The van der Waals surface area contributed by atoms with Crippen molar-refractivity contribution in [2.24, 2.45) is 0 Å². The molecule has 5 heteroatoms. The average molecular weight is 288 g/mol. The Bertz CT molecular complexity index is 180. The number of unbranched alkanes of at least 4 members (excludes halogenated alkanes) is 2. The van der Waals surface area contributed by atoms with E-state index in [-0.39, 0.29) is 6.04 Å². The molecule has 0 radical (unpaired) electrons. The fourth-order valence-corrected chi connectivity index (χ4v) is 2.04. The molecule has 1 nitrogen and oxygen atoms in total. The summed E-state index contributed by atoms with van der Waals surface area (Å²) in [6, 6.07) is 0.204. The van der Waals surface area contributed by atoms with Gasteiger partial charge in [-0.05, 0) is 32.2 Å². The molecule has 1 rings (SSSR count).